The Labute approximate surface area is 106 Å². The van der Waals surface area contributed by atoms with Crippen LogP contribution in [0.15, 0.2) is 42.5 Å². The van der Waals surface area contributed by atoms with Crippen LogP contribution in [0.4, 0.5) is 5.69 Å². The second-order valence-electron chi connectivity index (χ2n) is 4.30. The minimum absolute atomic E-state index is 0.132. The maximum absolute atomic E-state index is 12.0. The molecular formula is C15H15NO2. The van der Waals surface area contributed by atoms with Crippen molar-refractivity contribution in [1.82, 2.24) is 0 Å². The second kappa shape index (κ2) is 4.92. The van der Waals surface area contributed by atoms with Gasteiger partial charge in [-0.15, -0.1) is 0 Å². The molecule has 0 aliphatic heterocycles. The number of carbonyl (C=O) groups excluding carboxylic acids is 1. The van der Waals surface area contributed by atoms with Crippen LogP contribution >= 0.6 is 0 Å². The molecule has 0 bridgehead atoms. The van der Waals surface area contributed by atoms with Gasteiger partial charge in [-0.05, 0) is 49.2 Å². The molecule has 0 unspecified atom stereocenters. The molecule has 0 aliphatic carbocycles. The normalized spacial score (nSPS) is 10.1. The molecule has 1 amide bonds. The number of rotatable bonds is 2. The van der Waals surface area contributed by atoms with E-state index in [1.807, 2.05) is 26.0 Å². The summed E-state index contributed by atoms with van der Waals surface area (Å²) in [5.74, 6) is -0.0448. The zero-order valence-corrected chi connectivity index (χ0v) is 10.4. The molecule has 92 valence electrons. The maximum Gasteiger partial charge on any atom is 0.255 e. The monoisotopic (exact) mass is 241 g/mol. The largest absolute Gasteiger partial charge is 0.508 e. The Balaban J connectivity index is 2.19. The Morgan fingerprint density at radius 3 is 2.50 bits per heavy atom. The molecule has 0 aliphatic rings. The van der Waals surface area contributed by atoms with Crippen molar-refractivity contribution < 1.29 is 9.90 Å². The zero-order valence-electron chi connectivity index (χ0n) is 10.4. The topological polar surface area (TPSA) is 49.3 Å². The number of aromatic hydroxyl groups is 1. The summed E-state index contributed by atoms with van der Waals surface area (Å²) < 4.78 is 0. The quantitative estimate of drug-likeness (QED) is 0.847. The van der Waals surface area contributed by atoms with Crippen LogP contribution in [0.2, 0.25) is 0 Å². The molecule has 2 aromatic carbocycles. The van der Waals surface area contributed by atoms with E-state index in [-0.39, 0.29) is 11.7 Å². The smallest absolute Gasteiger partial charge is 0.255 e. The van der Waals surface area contributed by atoms with Gasteiger partial charge >= 0.3 is 0 Å². The highest BCUT2D eigenvalue weighted by atomic mass is 16.3. The molecule has 18 heavy (non-hydrogen) atoms. The van der Waals surface area contributed by atoms with Crippen molar-refractivity contribution in [3.05, 3.63) is 59.2 Å². The van der Waals surface area contributed by atoms with Gasteiger partial charge in [0.25, 0.3) is 5.91 Å². The third-order valence-electron chi connectivity index (χ3n) is 2.87. The van der Waals surface area contributed by atoms with Crippen molar-refractivity contribution in [2.45, 2.75) is 13.8 Å². The van der Waals surface area contributed by atoms with Crippen LogP contribution in [-0.4, -0.2) is 11.0 Å². The number of phenols is 1. The van der Waals surface area contributed by atoms with E-state index in [2.05, 4.69) is 5.32 Å². The molecule has 2 aromatic rings. The average Bonchev–Trinajstić information content (AvgIpc) is 2.32. The van der Waals surface area contributed by atoms with Crippen molar-refractivity contribution in [2.24, 2.45) is 0 Å². The van der Waals surface area contributed by atoms with Gasteiger partial charge in [-0.25, -0.2) is 0 Å². The van der Waals surface area contributed by atoms with E-state index in [4.69, 9.17) is 0 Å². The average molecular weight is 241 g/mol. The number of hydrogen-bond donors (Lipinski definition) is 2. The number of benzene rings is 2. The van der Waals surface area contributed by atoms with E-state index >= 15 is 0 Å². The minimum atomic E-state index is -0.177. The van der Waals surface area contributed by atoms with E-state index in [0.717, 1.165) is 11.1 Å². The van der Waals surface area contributed by atoms with Crippen molar-refractivity contribution in [2.75, 3.05) is 5.32 Å². The van der Waals surface area contributed by atoms with Crippen molar-refractivity contribution in [3.8, 4) is 5.75 Å². The van der Waals surface area contributed by atoms with E-state index in [1.165, 1.54) is 6.07 Å². The molecule has 3 nitrogen and oxygen atoms in total. The summed E-state index contributed by atoms with van der Waals surface area (Å²) in [7, 11) is 0. The summed E-state index contributed by atoms with van der Waals surface area (Å²) in [5, 5.41) is 12.1. The van der Waals surface area contributed by atoms with Gasteiger partial charge in [-0.1, -0.05) is 12.1 Å². The summed E-state index contributed by atoms with van der Waals surface area (Å²) in [6.45, 7) is 3.98. The summed E-state index contributed by atoms with van der Waals surface area (Å²) in [5.41, 5.74) is 3.43. The SMILES string of the molecule is Cc1ccc(C(=O)Nc2cccc(O)c2)cc1C. The predicted octanol–water partition coefficient (Wildman–Crippen LogP) is 3.26. The van der Waals surface area contributed by atoms with Crippen LogP contribution in [-0.2, 0) is 0 Å². The van der Waals surface area contributed by atoms with E-state index in [9.17, 15) is 9.90 Å². The summed E-state index contributed by atoms with van der Waals surface area (Å²) in [4.78, 5) is 12.0. The zero-order chi connectivity index (χ0) is 13.1. The first-order chi connectivity index (χ1) is 8.56. The fourth-order valence-corrected chi connectivity index (χ4v) is 1.67. The number of nitrogens with one attached hydrogen (secondary N) is 1. The van der Waals surface area contributed by atoms with Crippen LogP contribution in [0, 0.1) is 13.8 Å². The third kappa shape index (κ3) is 2.69. The van der Waals surface area contributed by atoms with Gasteiger partial charge in [0.05, 0.1) is 0 Å². The molecule has 0 atom stereocenters. The van der Waals surface area contributed by atoms with Gasteiger partial charge in [-0.3, -0.25) is 4.79 Å². The van der Waals surface area contributed by atoms with Gasteiger partial charge in [-0.2, -0.15) is 0 Å². The summed E-state index contributed by atoms with van der Waals surface area (Å²) in [6.07, 6.45) is 0. The molecule has 0 heterocycles. The summed E-state index contributed by atoms with van der Waals surface area (Å²) in [6, 6.07) is 12.1. The Morgan fingerprint density at radius 1 is 1.06 bits per heavy atom. The highest BCUT2D eigenvalue weighted by Gasteiger charge is 2.07. The molecule has 0 spiro atoms. The van der Waals surface area contributed by atoms with Crippen molar-refractivity contribution >= 4 is 11.6 Å². The molecule has 2 rings (SSSR count). The molecule has 0 fully saturated rings. The first-order valence-electron chi connectivity index (χ1n) is 5.74. The van der Waals surface area contributed by atoms with Crippen LogP contribution in [0.3, 0.4) is 0 Å². The minimum Gasteiger partial charge on any atom is -0.508 e. The molecule has 0 aromatic heterocycles. The lowest BCUT2D eigenvalue weighted by atomic mass is 10.1. The predicted molar refractivity (Wildman–Crippen MR) is 72.0 cm³/mol. The van der Waals surface area contributed by atoms with Crippen LogP contribution in [0.5, 0.6) is 5.75 Å². The number of aryl methyl sites for hydroxylation is 2. The highest BCUT2D eigenvalue weighted by Crippen LogP contribution is 2.17. The second-order valence-corrected chi connectivity index (χ2v) is 4.30. The summed E-state index contributed by atoms with van der Waals surface area (Å²) >= 11 is 0. The van der Waals surface area contributed by atoms with Crippen LogP contribution in [0.25, 0.3) is 0 Å². The fourth-order valence-electron chi connectivity index (χ4n) is 1.67. The number of amides is 1. The standard InChI is InChI=1S/C15H15NO2/c1-10-6-7-12(8-11(10)2)15(18)16-13-4-3-5-14(17)9-13/h3-9,17H,1-2H3,(H,16,18). The Morgan fingerprint density at radius 2 is 1.83 bits per heavy atom. The Bertz CT molecular complexity index is 591. The van der Waals surface area contributed by atoms with E-state index in [0.29, 0.717) is 11.3 Å². The number of hydrogen-bond acceptors (Lipinski definition) is 2. The maximum atomic E-state index is 12.0. The lowest BCUT2D eigenvalue weighted by molar-refractivity contribution is 0.102. The number of phenolic OH excluding ortho intramolecular Hbond substituents is 1. The van der Waals surface area contributed by atoms with Gasteiger partial charge in [0.15, 0.2) is 0 Å². The Kier molecular flexibility index (Phi) is 3.33. The molecule has 0 radical (unpaired) electrons. The number of carbonyl (C=O) groups is 1. The highest BCUT2D eigenvalue weighted by molar-refractivity contribution is 6.04. The lowest BCUT2D eigenvalue weighted by Gasteiger charge is -2.07. The first kappa shape index (κ1) is 12.2. The molecule has 0 saturated carbocycles. The third-order valence-corrected chi connectivity index (χ3v) is 2.87. The number of anilines is 1. The lowest BCUT2D eigenvalue weighted by Crippen LogP contribution is -2.12. The van der Waals surface area contributed by atoms with Crippen LogP contribution < -0.4 is 5.32 Å². The Hall–Kier alpha value is -2.29. The first-order valence-corrected chi connectivity index (χ1v) is 5.74. The molecule has 0 saturated heterocycles. The van der Waals surface area contributed by atoms with Gasteiger partial charge in [0.1, 0.15) is 5.75 Å². The van der Waals surface area contributed by atoms with Gasteiger partial charge < -0.3 is 10.4 Å². The molecule has 3 heteroatoms. The fraction of sp³-hybridized carbons (Fsp3) is 0.133. The van der Waals surface area contributed by atoms with Crippen LogP contribution in [0.1, 0.15) is 21.5 Å². The van der Waals surface area contributed by atoms with Gasteiger partial charge in [0, 0.05) is 17.3 Å². The molecule has 2 N–H and O–H groups in total. The van der Waals surface area contributed by atoms with E-state index in [1.54, 1.807) is 24.3 Å². The van der Waals surface area contributed by atoms with Gasteiger partial charge in [0.2, 0.25) is 0 Å². The van der Waals surface area contributed by atoms with E-state index < -0.39 is 0 Å². The van der Waals surface area contributed by atoms with Crippen molar-refractivity contribution in [1.29, 1.82) is 0 Å². The molecular weight excluding hydrogens is 226 g/mol. The van der Waals surface area contributed by atoms with Crippen molar-refractivity contribution in [3.63, 3.8) is 0 Å².